The Labute approximate surface area is 143 Å². The lowest BCUT2D eigenvalue weighted by Gasteiger charge is -2.11. The standard InChI is InChI=1S/C17H15N3O5/c1-11-7-12(2)19(17(22)14(11)8-18)9-16(21)25-10-13-5-3-4-6-15(13)20(23)24/h3-7H,9-10H2,1-2H3. The molecule has 128 valence electrons. The summed E-state index contributed by atoms with van der Waals surface area (Å²) in [6.45, 7) is 2.63. The first-order valence-electron chi connectivity index (χ1n) is 7.34. The first-order valence-corrected chi connectivity index (χ1v) is 7.34. The lowest BCUT2D eigenvalue weighted by molar-refractivity contribution is -0.385. The van der Waals surface area contributed by atoms with Gasteiger partial charge >= 0.3 is 5.97 Å². The van der Waals surface area contributed by atoms with Crippen molar-refractivity contribution < 1.29 is 14.5 Å². The predicted octanol–water partition coefficient (Wildman–Crippen LogP) is 1.99. The number of para-hydroxylation sites is 1. The molecule has 0 N–H and O–H groups in total. The number of hydrogen-bond acceptors (Lipinski definition) is 6. The predicted molar refractivity (Wildman–Crippen MR) is 87.8 cm³/mol. The van der Waals surface area contributed by atoms with E-state index in [4.69, 9.17) is 10.00 Å². The van der Waals surface area contributed by atoms with Crippen LogP contribution in [0.25, 0.3) is 0 Å². The fourth-order valence-corrected chi connectivity index (χ4v) is 2.40. The van der Waals surface area contributed by atoms with Gasteiger partial charge in [0.05, 0.1) is 10.5 Å². The number of nitrogens with zero attached hydrogens (tertiary/aromatic N) is 3. The maximum Gasteiger partial charge on any atom is 0.326 e. The van der Waals surface area contributed by atoms with E-state index in [0.717, 1.165) is 4.57 Å². The minimum absolute atomic E-state index is 0.0305. The fraction of sp³-hybridized carbons (Fsp3) is 0.235. The van der Waals surface area contributed by atoms with E-state index in [-0.39, 0.29) is 30.0 Å². The number of esters is 1. The molecule has 25 heavy (non-hydrogen) atoms. The van der Waals surface area contributed by atoms with Gasteiger partial charge in [-0.3, -0.25) is 19.7 Å². The maximum absolute atomic E-state index is 12.2. The van der Waals surface area contributed by atoms with Crippen molar-refractivity contribution in [3.05, 3.63) is 73.2 Å². The Morgan fingerprint density at radius 3 is 2.68 bits per heavy atom. The number of nitro benzene ring substituents is 1. The summed E-state index contributed by atoms with van der Waals surface area (Å²) in [5.74, 6) is -0.726. The molecule has 0 fully saturated rings. The van der Waals surface area contributed by atoms with E-state index in [1.54, 1.807) is 26.0 Å². The van der Waals surface area contributed by atoms with Crippen molar-refractivity contribution >= 4 is 11.7 Å². The number of carbonyl (C=O) groups excluding carboxylic acids is 1. The second kappa shape index (κ2) is 7.40. The molecule has 0 unspecified atom stereocenters. The number of rotatable bonds is 5. The van der Waals surface area contributed by atoms with Gasteiger partial charge in [0.2, 0.25) is 0 Å². The Kier molecular flexibility index (Phi) is 5.29. The van der Waals surface area contributed by atoms with Crippen molar-refractivity contribution in [1.29, 1.82) is 5.26 Å². The average Bonchev–Trinajstić information content (AvgIpc) is 2.57. The maximum atomic E-state index is 12.2. The van der Waals surface area contributed by atoms with Crippen LogP contribution in [0.4, 0.5) is 5.69 Å². The molecule has 8 nitrogen and oxygen atoms in total. The largest absolute Gasteiger partial charge is 0.459 e. The summed E-state index contributed by atoms with van der Waals surface area (Å²) in [4.78, 5) is 34.6. The first-order chi connectivity index (χ1) is 11.8. The van der Waals surface area contributed by atoms with Crippen LogP contribution in [-0.2, 0) is 22.7 Å². The van der Waals surface area contributed by atoms with Gasteiger partial charge in [0.1, 0.15) is 24.8 Å². The van der Waals surface area contributed by atoms with E-state index < -0.39 is 16.5 Å². The molecule has 0 aliphatic carbocycles. The highest BCUT2D eigenvalue weighted by Crippen LogP contribution is 2.18. The number of nitro groups is 1. The van der Waals surface area contributed by atoms with Gasteiger partial charge < -0.3 is 9.30 Å². The quantitative estimate of drug-likeness (QED) is 0.466. The van der Waals surface area contributed by atoms with E-state index in [2.05, 4.69) is 0 Å². The normalized spacial score (nSPS) is 10.1. The Hall–Kier alpha value is -3.47. The van der Waals surface area contributed by atoms with Crippen molar-refractivity contribution in [3.63, 3.8) is 0 Å². The van der Waals surface area contributed by atoms with Gasteiger partial charge in [-0.2, -0.15) is 5.26 Å². The summed E-state index contributed by atoms with van der Waals surface area (Å²) in [7, 11) is 0. The molecule has 0 amide bonds. The summed E-state index contributed by atoms with van der Waals surface area (Å²) >= 11 is 0. The van der Waals surface area contributed by atoms with Gasteiger partial charge in [0, 0.05) is 11.8 Å². The van der Waals surface area contributed by atoms with E-state index >= 15 is 0 Å². The molecule has 0 saturated carbocycles. The van der Waals surface area contributed by atoms with Gasteiger partial charge in [-0.15, -0.1) is 0 Å². The molecule has 1 heterocycles. The van der Waals surface area contributed by atoms with Gasteiger partial charge in [0.25, 0.3) is 11.2 Å². The number of carbonyl (C=O) groups is 1. The highest BCUT2D eigenvalue weighted by Gasteiger charge is 2.16. The van der Waals surface area contributed by atoms with Crippen molar-refractivity contribution in [2.45, 2.75) is 27.0 Å². The van der Waals surface area contributed by atoms with Crippen LogP contribution in [0.2, 0.25) is 0 Å². The molecule has 0 spiro atoms. The van der Waals surface area contributed by atoms with Crippen molar-refractivity contribution in [1.82, 2.24) is 4.57 Å². The minimum atomic E-state index is -0.726. The zero-order chi connectivity index (χ0) is 18.6. The molecule has 0 aliphatic heterocycles. The lowest BCUT2D eigenvalue weighted by atomic mass is 10.1. The molecule has 2 rings (SSSR count). The molecule has 0 aliphatic rings. The molecular formula is C17H15N3O5. The van der Waals surface area contributed by atoms with Crippen molar-refractivity contribution in [2.75, 3.05) is 0 Å². The number of nitriles is 1. The van der Waals surface area contributed by atoms with Crippen LogP contribution < -0.4 is 5.56 Å². The fourth-order valence-electron chi connectivity index (χ4n) is 2.40. The van der Waals surface area contributed by atoms with E-state index in [1.807, 2.05) is 6.07 Å². The molecule has 0 bridgehead atoms. The second-order valence-corrected chi connectivity index (χ2v) is 5.39. The molecule has 1 aromatic heterocycles. The molecular weight excluding hydrogens is 326 g/mol. The van der Waals surface area contributed by atoms with Crippen LogP contribution in [-0.4, -0.2) is 15.5 Å². The van der Waals surface area contributed by atoms with Crippen molar-refractivity contribution in [3.8, 4) is 6.07 Å². The first kappa shape index (κ1) is 17.9. The summed E-state index contributed by atoms with van der Waals surface area (Å²) < 4.78 is 6.20. The van der Waals surface area contributed by atoms with Gasteiger partial charge in [0.15, 0.2) is 0 Å². The monoisotopic (exact) mass is 341 g/mol. The zero-order valence-electron chi connectivity index (χ0n) is 13.7. The number of benzene rings is 1. The van der Waals surface area contributed by atoms with E-state index in [9.17, 15) is 19.7 Å². The van der Waals surface area contributed by atoms with Gasteiger partial charge in [-0.05, 0) is 31.5 Å². The third kappa shape index (κ3) is 3.90. The average molecular weight is 341 g/mol. The topological polar surface area (TPSA) is 115 Å². The molecule has 2 aromatic rings. The van der Waals surface area contributed by atoms with Crippen LogP contribution in [0.3, 0.4) is 0 Å². The van der Waals surface area contributed by atoms with Crippen LogP contribution in [0, 0.1) is 35.3 Å². The van der Waals surface area contributed by atoms with E-state index in [0.29, 0.717) is 11.3 Å². The summed E-state index contributed by atoms with van der Waals surface area (Å²) in [6.07, 6.45) is 0. The molecule has 1 aromatic carbocycles. The summed E-state index contributed by atoms with van der Waals surface area (Å²) in [5, 5.41) is 20.0. The number of hydrogen-bond donors (Lipinski definition) is 0. The third-order valence-corrected chi connectivity index (χ3v) is 3.68. The zero-order valence-corrected chi connectivity index (χ0v) is 13.7. The second-order valence-electron chi connectivity index (χ2n) is 5.39. The smallest absolute Gasteiger partial charge is 0.326 e. The summed E-state index contributed by atoms with van der Waals surface area (Å²) in [6, 6.07) is 9.38. The minimum Gasteiger partial charge on any atom is -0.459 e. The third-order valence-electron chi connectivity index (χ3n) is 3.68. The van der Waals surface area contributed by atoms with Gasteiger partial charge in [-0.1, -0.05) is 12.1 Å². The number of pyridine rings is 1. The summed E-state index contributed by atoms with van der Waals surface area (Å²) in [5.41, 5.74) is 0.565. The van der Waals surface area contributed by atoms with Crippen LogP contribution in [0.5, 0.6) is 0 Å². The van der Waals surface area contributed by atoms with Crippen LogP contribution in [0.1, 0.15) is 22.4 Å². The Morgan fingerprint density at radius 1 is 1.36 bits per heavy atom. The molecule has 0 radical (unpaired) electrons. The van der Waals surface area contributed by atoms with Crippen LogP contribution >= 0.6 is 0 Å². The Balaban J connectivity index is 2.16. The highest BCUT2D eigenvalue weighted by atomic mass is 16.6. The Bertz CT molecular complexity index is 940. The number of aryl methyl sites for hydroxylation is 2. The number of aromatic nitrogens is 1. The highest BCUT2D eigenvalue weighted by molar-refractivity contribution is 5.69. The van der Waals surface area contributed by atoms with Crippen molar-refractivity contribution in [2.24, 2.45) is 0 Å². The Morgan fingerprint density at radius 2 is 2.04 bits per heavy atom. The lowest BCUT2D eigenvalue weighted by Crippen LogP contribution is -2.29. The SMILES string of the molecule is Cc1cc(C)n(CC(=O)OCc2ccccc2[N+](=O)[O-])c(=O)c1C#N. The van der Waals surface area contributed by atoms with E-state index in [1.165, 1.54) is 18.2 Å². The van der Waals surface area contributed by atoms with Crippen LogP contribution in [0.15, 0.2) is 35.1 Å². The molecule has 8 heteroatoms. The molecule has 0 atom stereocenters. The van der Waals surface area contributed by atoms with Gasteiger partial charge in [-0.25, -0.2) is 0 Å². The molecule has 0 saturated heterocycles. The number of ether oxygens (including phenoxy) is 1.